The van der Waals surface area contributed by atoms with E-state index in [1.807, 2.05) is 62.4 Å². The smallest absolute Gasteiger partial charge is 0.343 e. The van der Waals surface area contributed by atoms with Gasteiger partial charge in [0.15, 0.2) is 23.0 Å². The fraction of sp³-hybridized carbons (Fsp3) is 0.364. The Morgan fingerprint density at radius 2 is 0.675 bits per heavy atom. The molecule has 6 aromatic carbocycles. The number of ether oxygens (including phenoxy) is 8. The Morgan fingerprint density at radius 1 is 0.350 bits per heavy atom. The molecule has 0 spiro atoms. The van der Waals surface area contributed by atoms with Gasteiger partial charge in [0.1, 0.15) is 11.5 Å². The van der Waals surface area contributed by atoms with Crippen molar-refractivity contribution in [2.75, 3.05) is 14.2 Å². The highest BCUT2D eigenvalue weighted by Gasteiger charge is 2.20. The number of methoxy groups -OCH3 is 2. The van der Waals surface area contributed by atoms with Crippen molar-refractivity contribution in [3.8, 4) is 56.8 Å². The molecule has 0 saturated heterocycles. The molecule has 0 heterocycles. The molecule has 0 bridgehead atoms. The van der Waals surface area contributed by atoms with Gasteiger partial charge in [0.2, 0.25) is 0 Å². The van der Waals surface area contributed by atoms with Gasteiger partial charge in [0, 0.05) is 12.8 Å². The largest absolute Gasteiger partial charge is 0.493 e. The Morgan fingerprint density at radius 3 is 1.01 bits per heavy atom. The first kappa shape index (κ1) is 61.0. The Hall–Kier alpha value is -8.26. The first-order valence-electron chi connectivity index (χ1n) is 27.8. The summed E-state index contributed by atoms with van der Waals surface area (Å²) >= 11 is 0. The predicted octanol–water partition coefficient (Wildman–Crippen LogP) is 15.4. The van der Waals surface area contributed by atoms with Gasteiger partial charge in [-0.25, -0.2) is 19.2 Å². The minimum atomic E-state index is -0.630. The highest BCUT2D eigenvalue weighted by Crippen LogP contribution is 2.32. The molecule has 422 valence electrons. The molecule has 2 unspecified atom stereocenters. The van der Waals surface area contributed by atoms with E-state index in [1.54, 1.807) is 48.5 Å². The molecule has 0 fully saturated rings. The van der Waals surface area contributed by atoms with Gasteiger partial charge in [0.05, 0.1) is 48.7 Å². The van der Waals surface area contributed by atoms with E-state index in [-0.39, 0.29) is 71.1 Å². The van der Waals surface area contributed by atoms with Crippen molar-refractivity contribution >= 4 is 35.8 Å². The van der Waals surface area contributed by atoms with E-state index in [1.165, 1.54) is 63.5 Å². The molecule has 0 aliphatic heterocycles. The van der Waals surface area contributed by atoms with Crippen LogP contribution in [0.4, 0.5) is 0 Å². The van der Waals surface area contributed by atoms with Crippen LogP contribution in [0.5, 0.6) is 34.5 Å². The average Bonchev–Trinajstić information content (AvgIpc) is 3.47. The summed E-state index contributed by atoms with van der Waals surface area (Å²) < 4.78 is 44.5. The second-order valence-electron chi connectivity index (χ2n) is 19.7. The lowest BCUT2D eigenvalue weighted by Crippen LogP contribution is -2.15. The predicted molar refractivity (Wildman–Crippen MR) is 306 cm³/mol. The molecule has 80 heavy (non-hydrogen) atoms. The number of benzene rings is 6. The molecule has 0 aromatic heterocycles. The highest BCUT2D eigenvalue weighted by molar-refractivity contribution is 5.94. The number of unbranched alkanes of at least 4 members (excludes halogenated alkanes) is 9. The molecule has 6 aromatic rings. The Bertz CT molecular complexity index is 2760. The molecule has 0 amide bonds. The topological polar surface area (TPSA) is 176 Å². The van der Waals surface area contributed by atoms with Crippen LogP contribution >= 0.6 is 0 Å². The Labute approximate surface area is 470 Å². The van der Waals surface area contributed by atoms with Gasteiger partial charge in [-0.2, -0.15) is 0 Å². The highest BCUT2D eigenvalue weighted by atomic mass is 16.6. The number of esters is 6. The third-order valence-electron chi connectivity index (χ3n) is 13.3. The van der Waals surface area contributed by atoms with E-state index < -0.39 is 23.9 Å². The number of carbonyl (C=O) groups is 6. The molecule has 6 rings (SSSR count). The number of rotatable bonds is 31. The summed E-state index contributed by atoms with van der Waals surface area (Å²) in [6.45, 7) is 8.18. The maximum Gasteiger partial charge on any atom is 0.343 e. The van der Waals surface area contributed by atoms with Crippen LogP contribution in [0.2, 0.25) is 0 Å². The van der Waals surface area contributed by atoms with Crippen LogP contribution in [0.15, 0.2) is 133 Å². The zero-order valence-electron chi connectivity index (χ0n) is 46.9. The van der Waals surface area contributed by atoms with Crippen LogP contribution in [0.3, 0.4) is 0 Å². The lowest BCUT2D eigenvalue weighted by Gasteiger charge is -2.13. The lowest BCUT2D eigenvalue weighted by molar-refractivity contribution is -0.135. The van der Waals surface area contributed by atoms with Crippen molar-refractivity contribution in [3.05, 3.63) is 156 Å². The molecule has 2 atom stereocenters. The number of carbonyl (C=O) groups excluding carboxylic acids is 6. The standard InChI is InChI=1S/C66H74O14/c1-7-9-11-15-19-45(3)75-63(69)51-27-23-47(24-28-51)49-31-37-55(38-32-49)77-65(71)53-35-41-57(59(43-53)73-5)79-61(67)21-17-13-14-18-22-62(68)80-58-42-36-54(44-60(58)74-6)66(72)78-56-39-33-50(34-40-56)48-25-29-52(30-26-48)64(70)76-46(4)20-16-12-10-8-2/h23-46H,7-22H2,1-6H3. The SMILES string of the molecule is CCCCCCC(C)OC(=O)c1ccc(-c2ccc(OC(=O)c3ccc(OC(=O)CCCCCCC(=O)Oc4ccc(C(=O)Oc5ccc(-c6ccc(C(=O)OC(C)CCCCCC)cc6)cc5)cc4OC)c(OC)c3)cc2)cc1. The summed E-state index contributed by atoms with van der Waals surface area (Å²) in [4.78, 5) is 77.1. The van der Waals surface area contributed by atoms with Crippen molar-refractivity contribution in [2.45, 2.75) is 143 Å². The zero-order valence-corrected chi connectivity index (χ0v) is 46.9. The summed E-state index contributed by atoms with van der Waals surface area (Å²) in [6, 6.07) is 37.2. The van der Waals surface area contributed by atoms with Crippen molar-refractivity contribution < 1.29 is 66.7 Å². The van der Waals surface area contributed by atoms with Gasteiger partial charge in [-0.15, -0.1) is 0 Å². The third-order valence-corrected chi connectivity index (χ3v) is 13.3. The van der Waals surface area contributed by atoms with E-state index in [0.29, 0.717) is 48.3 Å². The molecule has 0 aliphatic rings. The monoisotopic (exact) mass is 1090 g/mol. The molecule has 14 heteroatoms. The molecule has 0 aliphatic carbocycles. The van der Waals surface area contributed by atoms with Gasteiger partial charge in [-0.05, 0) is 160 Å². The number of hydrogen-bond donors (Lipinski definition) is 0. The van der Waals surface area contributed by atoms with Crippen molar-refractivity contribution in [1.29, 1.82) is 0 Å². The van der Waals surface area contributed by atoms with Crippen LogP contribution in [-0.2, 0) is 19.1 Å². The average molecular weight is 1090 g/mol. The maximum absolute atomic E-state index is 13.1. The normalized spacial score (nSPS) is 11.6. The summed E-state index contributed by atoms with van der Waals surface area (Å²) in [5.74, 6) is -1.59. The lowest BCUT2D eigenvalue weighted by atomic mass is 10.0. The van der Waals surface area contributed by atoms with E-state index in [0.717, 1.165) is 73.6 Å². The molecule has 0 radical (unpaired) electrons. The minimum Gasteiger partial charge on any atom is -0.493 e. The molecule has 0 N–H and O–H groups in total. The van der Waals surface area contributed by atoms with Crippen LogP contribution in [-0.4, -0.2) is 62.2 Å². The molecular formula is C66H74O14. The molecule has 0 saturated carbocycles. The van der Waals surface area contributed by atoms with E-state index in [9.17, 15) is 28.8 Å². The van der Waals surface area contributed by atoms with Crippen molar-refractivity contribution in [2.24, 2.45) is 0 Å². The van der Waals surface area contributed by atoms with Gasteiger partial charge in [0.25, 0.3) is 0 Å². The first-order valence-corrected chi connectivity index (χ1v) is 27.8. The fourth-order valence-electron chi connectivity index (χ4n) is 8.69. The van der Waals surface area contributed by atoms with Crippen LogP contribution in [0.25, 0.3) is 22.3 Å². The van der Waals surface area contributed by atoms with Crippen LogP contribution < -0.4 is 28.4 Å². The fourth-order valence-corrected chi connectivity index (χ4v) is 8.69. The van der Waals surface area contributed by atoms with Crippen molar-refractivity contribution in [3.63, 3.8) is 0 Å². The summed E-state index contributed by atoms with van der Waals surface area (Å²) in [5.41, 5.74) is 4.84. The third kappa shape index (κ3) is 19.3. The Balaban J connectivity index is 0.870. The summed E-state index contributed by atoms with van der Waals surface area (Å²) in [6.07, 6.45) is 13.0. The Kier molecular flexibility index (Phi) is 24.4. The molecular weight excluding hydrogens is 1020 g/mol. The van der Waals surface area contributed by atoms with Crippen LogP contribution in [0, 0.1) is 0 Å². The van der Waals surface area contributed by atoms with E-state index in [2.05, 4.69) is 13.8 Å². The number of hydrogen-bond acceptors (Lipinski definition) is 14. The maximum atomic E-state index is 13.1. The zero-order chi connectivity index (χ0) is 57.2. The van der Waals surface area contributed by atoms with Gasteiger partial charge >= 0.3 is 35.8 Å². The summed E-state index contributed by atoms with van der Waals surface area (Å²) in [7, 11) is 2.81. The first-order chi connectivity index (χ1) is 38.8. The van der Waals surface area contributed by atoms with E-state index >= 15 is 0 Å². The quantitative estimate of drug-likeness (QED) is 0.0228. The van der Waals surface area contributed by atoms with Gasteiger partial charge in [-0.3, -0.25) is 9.59 Å². The van der Waals surface area contributed by atoms with Gasteiger partial charge in [-0.1, -0.05) is 114 Å². The van der Waals surface area contributed by atoms with Crippen molar-refractivity contribution in [1.82, 2.24) is 0 Å². The summed E-state index contributed by atoms with van der Waals surface area (Å²) in [5, 5.41) is 0. The second kappa shape index (κ2) is 32.0. The van der Waals surface area contributed by atoms with Gasteiger partial charge < -0.3 is 37.9 Å². The van der Waals surface area contributed by atoms with E-state index in [4.69, 9.17) is 37.9 Å². The minimum absolute atomic E-state index is 0.119. The van der Waals surface area contributed by atoms with Crippen LogP contribution in [0.1, 0.15) is 172 Å². The second-order valence-corrected chi connectivity index (χ2v) is 19.7. The molecule has 14 nitrogen and oxygen atoms in total.